The molecule has 0 spiro atoms. The second kappa shape index (κ2) is 6.52. The van der Waals surface area contributed by atoms with Gasteiger partial charge in [-0.3, -0.25) is 4.79 Å². The van der Waals surface area contributed by atoms with Crippen LogP contribution in [0.3, 0.4) is 0 Å². The van der Waals surface area contributed by atoms with Crippen LogP contribution in [0.4, 0.5) is 0 Å². The summed E-state index contributed by atoms with van der Waals surface area (Å²) in [7, 11) is 1.30. The molecule has 0 aromatic rings. The molecule has 1 atom stereocenters. The molecule has 1 unspecified atom stereocenters. The fourth-order valence-corrected chi connectivity index (χ4v) is 0.375. The number of carbonyl (C=O) groups excluding carboxylic acids is 1. The first-order valence-corrected chi connectivity index (χ1v) is 2.80. The molecule has 0 radical (unpaired) electrons. The van der Waals surface area contributed by atoms with E-state index in [9.17, 15) is 4.79 Å². The van der Waals surface area contributed by atoms with Crippen molar-refractivity contribution in [2.24, 2.45) is 5.73 Å². The van der Waals surface area contributed by atoms with Gasteiger partial charge in [-0.1, -0.05) is 0 Å². The molecule has 0 saturated heterocycles. The molecule has 0 bridgehead atoms. The Bertz CT molecular complexity index is 90.6. The fourth-order valence-electron chi connectivity index (χ4n) is 0.226. The maximum atomic E-state index is 10.3. The molecule has 48 valence electrons. The van der Waals surface area contributed by atoms with Gasteiger partial charge in [0.05, 0.1) is 7.11 Å². The number of hydrogen-bond donors (Lipinski definition) is 2. The first-order valence-electron chi connectivity index (χ1n) is 2.16. The van der Waals surface area contributed by atoms with Crippen molar-refractivity contribution in [1.82, 2.24) is 0 Å². The van der Waals surface area contributed by atoms with Crippen LogP contribution in [-0.2, 0) is 29.0 Å². The third kappa shape index (κ3) is 4.88. The van der Waals surface area contributed by atoms with Crippen molar-refractivity contribution < 1.29 is 29.0 Å². The molecule has 5 heteroatoms. The Hall–Kier alpha value is 0.403. The third-order valence-corrected chi connectivity index (χ3v) is 1.09. The summed E-state index contributed by atoms with van der Waals surface area (Å²) < 4.78 is 4.29. The van der Waals surface area contributed by atoms with Crippen LogP contribution in [0.5, 0.6) is 0 Å². The minimum absolute atomic E-state index is 0. The van der Waals surface area contributed by atoms with Crippen LogP contribution in [0, 0.1) is 0 Å². The van der Waals surface area contributed by atoms with E-state index in [1.165, 1.54) is 7.11 Å². The number of methoxy groups -OCH3 is 1. The largest absolute Gasteiger partial charge is 2.00 e. The summed E-state index contributed by atoms with van der Waals surface area (Å²) in [6.07, 6.45) is 0. The van der Waals surface area contributed by atoms with Gasteiger partial charge in [0.15, 0.2) is 0 Å². The topological polar surface area (TPSA) is 52.3 Å². The fraction of sp³-hybridized carbons (Fsp3) is 0.750. The van der Waals surface area contributed by atoms with E-state index in [2.05, 4.69) is 17.4 Å². The van der Waals surface area contributed by atoms with E-state index in [-0.39, 0.29) is 19.5 Å². The molecule has 9 heavy (non-hydrogen) atoms. The molecule has 0 aliphatic rings. The predicted octanol–water partition coefficient (Wildman–Crippen LogP) is -0.586. The van der Waals surface area contributed by atoms with Crippen molar-refractivity contribution >= 4 is 18.6 Å². The van der Waals surface area contributed by atoms with Gasteiger partial charge in [-0.2, -0.15) is 12.6 Å². The van der Waals surface area contributed by atoms with E-state index >= 15 is 0 Å². The van der Waals surface area contributed by atoms with Crippen LogP contribution in [0.25, 0.3) is 0 Å². The second-order valence-electron chi connectivity index (χ2n) is 1.31. The van der Waals surface area contributed by atoms with Crippen molar-refractivity contribution in [2.75, 3.05) is 12.9 Å². The van der Waals surface area contributed by atoms with Crippen molar-refractivity contribution in [3.8, 4) is 0 Å². The number of hydrogen-bond acceptors (Lipinski definition) is 4. The van der Waals surface area contributed by atoms with Gasteiger partial charge in [0.1, 0.15) is 6.04 Å². The van der Waals surface area contributed by atoms with Crippen LogP contribution < -0.4 is 5.73 Å². The van der Waals surface area contributed by atoms with Gasteiger partial charge in [0.2, 0.25) is 0 Å². The first-order chi connectivity index (χ1) is 3.72. The Labute approximate surface area is 72.5 Å². The van der Waals surface area contributed by atoms with Gasteiger partial charge in [0.25, 0.3) is 0 Å². The average molecular weight is 201 g/mol. The molecular weight excluding hydrogens is 192 g/mol. The number of ether oxygens (including phenoxy) is 1. The summed E-state index contributed by atoms with van der Waals surface area (Å²) in [5, 5.41) is 0. The van der Waals surface area contributed by atoms with Crippen LogP contribution >= 0.6 is 12.6 Å². The van der Waals surface area contributed by atoms with Crippen LogP contribution in [0.1, 0.15) is 0 Å². The zero-order valence-electron chi connectivity index (χ0n) is 5.33. The van der Waals surface area contributed by atoms with Gasteiger partial charge < -0.3 is 10.5 Å². The van der Waals surface area contributed by atoms with Crippen molar-refractivity contribution in [2.45, 2.75) is 6.04 Å². The zero-order valence-corrected chi connectivity index (χ0v) is 9.19. The predicted molar refractivity (Wildman–Crippen MR) is 33.8 cm³/mol. The molecular formula is C4H9NO2SZn+2. The van der Waals surface area contributed by atoms with Gasteiger partial charge in [-0.15, -0.1) is 0 Å². The minimum Gasteiger partial charge on any atom is -0.468 e. The van der Waals surface area contributed by atoms with E-state index in [0.29, 0.717) is 5.75 Å². The Balaban J connectivity index is 0. The second-order valence-corrected chi connectivity index (χ2v) is 1.68. The zero-order chi connectivity index (χ0) is 6.57. The number of thiol groups is 1. The quantitative estimate of drug-likeness (QED) is 0.356. The molecule has 0 fully saturated rings. The molecule has 2 N–H and O–H groups in total. The number of rotatable bonds is 2. The Morgan fingerprint density at radius 2 is 2.33 bits per heavy atom. The molecule has 0 heterocycles. The molecule has 0 aromatic carbocycles. The first kappa shape index (κ1) is 12.1. The SMILES string of the molecule is COC(=O)C(N)CS.[Zn+2]. The van der Waals surface area contributed by atoms with Gasteiger partial charge in [-0.05, 0) is 0 Å². The van der Waals surface area contributed by atoms with Crippen LogP contribution in [-0.4, -0.2) is 24.9 Å². The van der Waals surface area contributed by atoms with E-state index in [4.69, 9.17) is 5.73 Å². The standard InChI is InChI=1S/C4H9NO2S.Zn/c1-7-4(6)3(5)2-8;/h3,8H,2,5H2,1H3;/q;+2. The normalized spacial score (nSPS) is 11.4. The maximum absolute atomic E-state index is 10.3. The average Bonchev–Trinajstić information content (AvgIpc) is 1.84. The number of carbonyl (C=O) groups is 1. The Morgan fingerprint density at radius 3 is 2.44 bits per heavy atom. The van der Waals surface area contributed by atoms with Crippen molar-refractivity contribution in [3.63, 3.8) is 0 Å². The van der Waals surface area contributed by atoms with E-state index in [0.717, 1.165) is 0 Å². The van der Waals surface area contributed by atoms with Crippen molar-refractivity contribution in [3.05, 3.63) is 0 Å². The van der Waals surface area contributed by atoms with Crippen molar-refractivity contribution in [1.29, 1.82) is 0 Å². The summed E-state index contributed by atoms with van der Waals surface area (Å²) in [4.78, 5) is 10.3. The van der Waals surface area contributed by atoms with Gasteiger partial charge in [-0.25, -0.2) is 0 Å². The number of esters is 1. The molecule has 0 amide bonds. The van der Waals surface area contributed by atoms with Crippen LogP contribution in [0.15, 0.2) is 0 Å². The molecule has 0 aliphatic heterocycles. The van der Waals surface area contributed by atoms with Crippen LogP contribution in [0.2, 0.25) is 0 Å². The monoisotopic (exact) mass is 199 g/mol. The Kier molecular flexibility index (Phi) is 8.78. The summed E-state index contributed by atoms with van der Waals surface area (Å²) in [6.45, 7) is 0. The summed E-state index contributed by atoms with van der Waals surface area (Å²) in [5.41, 5.74) is 5.18. The molecule has 0 rings (SSSR count). The summed E-state index contributed by atoms with van der Waals surface area (Å²) in [6, 6.07) is -0.580. The molecule has 0 aliphatic carbocycles. The number of nitrogens with two attached hydrogens (primary N) is 1. The maximum Gasteiger partial charge on any atom is 2.00 e. The smallest absolute Gasteiger partial charge is 0.468 e. The third-order valence-electron chi connectivity index (χ3n) is 0.701. The van der Waals surface area contributed by atoms with E-state index < -0.39 is 12.0 Å². The van der Waals surface area contributed by atoms with E-state index in [1.54, 1.807) is 0 Å². The molecule has 0 aromatic heterocycles. The summed E-state index contributed by atoms with van der Waals surface area (Å²) in [5.74, 6) is -0.0906. The van der Waals surface area contributed by atoms with Gasteiger partial charge in [0, 0.05) is 5.75 Å². The van der Waals surface area contributed by atoms with E-state index in [1.807, 2.05) is 0 Å². The molecule has 0 saturated carbocycles. The Morgan fingerprint density at radius 1 is 1.89 bits per heavy atom. The van der Waals surface area contributed by atoms with Gasteiger partial charge >= 0.3 is 25.4 Å². The molecule has 3 nitrogen and oxygen atoms in total. The minimum atomic E-state index is -0.580. The summed E-state index contributed by atoms with van der Waals surface area (Å²) >= 11 is 3.78.